The summed E-state index contributed by atoms with van der Waals surface area (Å²) in [6.07, 6.45) is -4.10. The summed E-state index contributed by atoms with van der Waals surface area (Å²) in [7, 11) is 0. The zero-order valence-electron chi connectivity index (χ0n) is 14.9. The van der Waals surface area contributed by atoms with Crippen molar-refractivity contribution in [2.75, 3.05) is 18.5 Å². The zero-order valence-corrected chi connectivity index (χ0v) is 14.9. The number of hydrogen-bond acceptors (Lipinski definition) is 7. The Morgan fingerprint density at radius 1 is 0.923 bits per heavy atom. The summed E-state index contributed by atoms with van der Waals surface area (Å²) in [6.45, 7) is 3.25. The number of aryl methyl sites for hydroxylation is 1. The average Bonchev–Trinajstić information content (AvgIpc) is 2.67. The summed E-state index contributed by atoms with van der Waals surface area (Å²) < 4.78 is 0. The van der Waals surface area contributed by atoms with Gasteiger partial charge in [-0.25, -0.2) is 0 Å². The average molecular weight is 359 g/mol. The first-order valence-corrected chi connectivity index (χ1v) is 8.40. The molecule has 2 aromatic carbocycles. The maximum Gasteiger partial charge on any atom is 0.112 e. The molecule has 140 valence electrons. The second-order valence-electron chi connectivity index (χ2n) is 6.13. The molecular formula is C19H25N3O4. The van der Waals surface area contributed by atoms with Gasteiger partial charge in [0.2, 0.25) is 0 Å². The van der Waals surface area contributed by atoms with E-state index in [4.69, 9.17) is 5.11 Å². The molecule has 0 unspecified atom stereocenters. The van der Waals surface area contributed by atoms with Gasteiger partial charge in [0.25, 0.3) is 0 Å². The molecule has 7 nitrogen and oxygen atoms in total. The van der Waals surface area contributed by atoms with Crippen LogP contribution in [-0.2, 0) is 0 Å². The van der Waals surface area contributed by atoms with Gasteiger partial charge in [0, 0.05) is 6.54 Å². The molecule has 5 N–H and O–H groups in total. The number of aliphatic hydroxyl groups excluding tert-OH is 4. The van der Waals surface area contributed by atoms with Gasteiger partial charge in [0.1, 0.15) is 17.9 Å². The molecule has 0 spiro atoms. The van der Waals surface area contributed by atoms with E-state index in [2.05, 4.69) is 15.5 Å². The summed E-state index contributed by atoms with van der Waals surface area (Å²) in [6, 6.07) is 13.1. The van der Waals surface area contributed by atoms with Crippen LogP contribution in [-0.4, -0.2) is 51.9 Å². The monoisotopic (exact) mass is 359 g/mol. The second-order valence-corrected chi connectivity index (χ2v) is 6.13. The number of aliphatic hydroxyl groups is 4. The van der Waals surface area contributed by atoms with E-state index in [0.717, 1.165) is 16.8 Å². The Balaban J connectivity index is 2.18. The third kappa shape index (κ3) is 5.09. The number of anilines is 1. The van der Waals surface area contributed by atoms with E-state index < -0.39 is 24.9 Å². The standard InChI is InChI=1S/C19H25N3O4/c1-12-8-9-15(20-10-16(24)19(26)17(25)11-23)18(13(12)2)22-21-14-6-4-3-5-7-14/h3-9,16-17,19-20,23-26H,10-11H2,1-2H3/t16-,17-,19-/m0/s1. The maximum absolute atomic E-state index is 9.97. The fourth-order valence-electron chi connectivity index (χ4n) is 2.37. The molecule has 0 bridgehead atoms. The van der Waals surface area contributed by atoms with E-state index in [1.807, 2.05) is 56.3 Å². The van der Waals surface area contributed by atoms with Gasteiger partial charge in [-0.05, 0) is 43.2 Å². The summed E-state index contributed by atoms with van der Waals surface area (Å²) in [5, 5.41) is 49.6. The van der Waals surface area contributed by atoms with Crippen LogP contribution in [0.5, 0.6) is 0 Å². The predicted octanol–water partition coefficient (Wildman–Crippen LogP) is 2.21. The van der Waals surface area contributed by atoms with Crippen molar-refractivity contribution in [1.29, 1.82) is 0 Å². The van der Waals surface area contributed by atoms with E-state index in [0.29, 0.717) is 11.4 Å². The molecule has 0 saturated heterocycles. The molecule has 0 saturated carbocycles. The van der Waals surface area contributed by atoms with E-state index in [1.165, 1.54) is 0 Å². The van der Waals surface area contributed by atoms with Crippen LogP contribution in [0, 0.1) is 13.8 Å². The number of azo groups is 1. The molecule has 0 fully saturated rings. The van der Waals surface area contributed by atoms with Crippen molar-refractivity contribution in [2.24, 2.45) is 10.2 Å². The lowest BCUT2D eigenvalue weighted by Gasteiger charge is -2.22. The normalized spacial score (nSPS) is 15.0. The molecule has 0 aliphatic heterocycles. The molecule has 0 amide bonds. The minimum absolute atomic E-state index is 0.0193. The highest BCUT2D eigenvalue weighted by molar-refractivity contribution is 5.70. The highest BCUT2D eigenvalue weighted by Gasteiger charge is 2.24. The first-order valence-electron chi connectivity index (χ1n) is 8.40. The van der Waals surface area contributed by atoms with Crippen LogP contribution in [0.2, 0.25) is 0 Å². The number of benzene rings is 2. The molecule has 0 heterocycles. The lowest BCUT2D eigenvalue weighted by molar-refractivity contribution is -0.0715. The molecule has 7 heteroatoms. The minimum Gasteiger partial charge on any atom is -0.394 e. The third-order valence-corrected chi connectivity index (χ3v) is 4.20. The van der Waals surface area contributed by atoms with Crippen LogP contribution in [0.3, 0.4) is 0 Å². The zero-order chi connectivity index (χ0) is 19.1. The van der Waals surface area contributed by atoms with Crippen LogP contribution in [0.15, 0.2) is 52.7 Å². The van der Waals surface area contributed by atoms with Gasteiger partial charge in [-0.3, -0.25) is 0 Å². The van der Waals surface area contributed by atoms with Crippen LogP contribution >= 0.6 is 0 Å². The molecule has 3 atom stereocenters. The largest absolute Gasteiger partial charge is 0.394 e. The number of hydrogen-bond donors (Lipinski definition) is 5. The van der Waals surface area contributed by atoms with Crippen LogP contribution in [0.1, 0.15) is 11.1 Å². The Morgan fingerprint density at radius 2 is 1.62 bits per heavy atom. The number of nitrogens with zero attached hydrogens (tertiary/aromatic N) is 2. The molecule has 26 heavy (non-hydrogen) atoms. The van der Waals surface area contributed by atoms with Crippen LogP contribution < -0.4 is 5.32 Å². The summed E-state index contributed by atoms with van der Waals surface area (Å²) in [4.78, 5) is 0. The van der Waals surface area contributed by atoms with Crippen molar-refractivity contribution in [3.05, 3.63) is 53.6 Å². The number of nitrogens with one attached hydrogen (secondary N) is 1. The van der Waals surface area contributed by atoms with Gasteiger partial charge in [0.05, 0.1) is 24.1 Å². The van der Waals surface area contributed by atoms with Gasteiger partial charge < -0.3 is 25.7 Å². The molecule has 0 aliphatic rings. The molecule has 0 aromatic heterocycles. The summed E-state index contributed by atoms with van der Waals surface area (Å²) in [5.74, 6) is 0. The lowest BCUT2D eigenvalue weighted by Crippen LogP contribution is -2.42. The van der Waals surface area contributed by atoms with Gasteiger partial charge >= 0.3 is 0 Å². The van der Waals surface area contributed by atoms with Gasteiger partial charge in [-0.1, -0.05) is 24.3 Å². The Kier molecular flexibility index (Phi) is 7.23. The first kappa shape index (κ1) is 20.0. The molecule has 2 aromatic rings. The lowest BCUT2D eigenvalue weighted by atomic mass is 10.1. The quantitative estimate of drug-likeness (QED) is 0.463. The van der Waals surface area contributed by atoms with Crippen molar-refractivity contribution in [3.8, 4) is 0 Å². The Hall–Kier alpha value is -2.32. The minimum atomic E-state index is -1.45. The number of rotatable bonds is 8. The highest BCUT2D eigenvalue weighted by atomic mass is 16.4. The van der Waals surface area contributed by atoms with Crippen LogP contribution in [0.25, 0.3) is 0 Å². The van der Waals surface area contributed by atoms with E-state index >= 15 is 0 Å². The Morgan fingerprint density at radius 3 is 2.27 bits per heavy atom. The fourth-order valence-corrected chi connectivity index (χ4v) is 2.37. The van der Waals surface area contributed by atoms with Gasteiger partial charge in [0.15, 0.2) is 0 Å². The highest BCUT2D eigenvalue weighted by Crippen LogP contribution is 2.32. The molecule has 0 aliphatic carbocycles. The smallest absolute Gasteiger partial charge is 0.112 e. The topological polar surface area (TPSA) is 118 Å². The van der Waals surface area contributed by atoms with Crippen molar-refractivity contribution < 1.29 is 20.4 Å². The fraction of sp³-hybridized carbons (Fsp3) is 0.368. The van der Waals surface area contributed by atoms with Crippen molar-refractivity contribution in [1.82, 2.24) is 0 Å². The van der Waals surface area contributed by atoms with Crippen molar-refractivity contribution >= 4 is 17.1 Å². The van der Waals surface area contributed by atoms with Gasteiger partial charge in [-0.15, -0.1) is 5.11 Å². The van der Waals surface area contributed by atoms with Crippen molar-refractivity contribution in [3.63, 3.8) is 0 Å². The van der Waals surface area contributed by atoms with Crippen LogP contribution in [0.4, 0.5) is 17.1 Å². The van der Waals surface area contributed by atoms with E-state index in [9.17, 15) is 15.3 Å². The van der Waals surface area contributed by atoms with E-state index in [-0.39, 0.29) is 6.54 Å². The van der Waals surface area contributed by atoms with Crippen molar-refractivity contribution in [2.45, 2.75) is 32.2 Å². The first-order chi connectivity index (χ1) is 12.4. The SMILES string of the molecule is Cc1ccc(NC[C@H](O)[C@H](O)[C@@H](O)CO)c(N=Nc2ccccc2)c1C. The summed E-state index contributed by atoms with van der Waals surface area (Å²) in [5.41, 5.74) is 4.01. The predicted molar refractivity (Wildman–Crippen MR) is 100 cm³/mol. The van der Waals surface area contributed by atoms with E-state index in [1.54, 1.807) is 0 Å². The summed E-state index contributed by atoms with van der Waals surface area (Å²) >= 11 is 0. The molecule has 0 radical (unpaired) electrons. The third-order valence-electron chi connectivity index (χ3n) is 4.20. The Labute approximate surface area is 152 Å². The van der Waals surface area contributed by atoms with Gasteiger partial charge in [-0.2, -0.15) is 5.11 Å². The molecular weight excluding hydrogens is 334 g/mol. The second kappa shape index (κ2) is 9.40. The Bertz CT molecular complexity index is 737. The maximum atomic E-state index is 9.97. The molecule has 2 rings (SSSR count).